The molecule has 2 atom stereocenters. The van der Waals surface area contributed by atoms with Gasteiger partial charge in [0, 0.05) is 33.1 Å². The molecule has 0 aliphatic rings. The number of ether oxygens (including phenoxy) is 3. The molecule has 11 nitrogen and oxygen atoms in total. The molecule has 5 N–H and O–H groups in total. The number of hydrogen-bond acceptors (Lipinski definition) is 8. The minimum atomic E-state index is -0.796. The van der Waals surface area contributed by atoms with Gasteiger partial charge in [-0.05, 0) is 17.8 Å². The van der Waals surface area contributed by atoms with Crippen LogP contribution < -0.4 is 16.1 Å². The predicted molar refractivity (Wildman–Crippen MR) is 129 cm³/mol. The Morgan fingerprint density at radius 3 is 2.00 bits per heavy atom. The van der Waals surface area contributed by atoms with Crippen LogP contribution in [0.4, 0.5) is 0 Å². The Bertz CT molecular complexity index is 562. The second-order valence-electron chi connectivity index (χ2n) is 8.59. The Morgan fingerprint density at radius 1 is 0.971 bits per heavy atom. The number of nitrogens with one attached hydrogen (secondary N) is 3. The second kappa shape index (κ2) is 22.6. The molecule has 0 aromatic rings. The third kappa shape index (κ3) is 19.3. The summed E-state index contributed by atoms with van der Waals surface area (Å²) in [4.78, 5) is 37.0. The molecule has 0 bridgehead atoms. The van der Waals surface area contributed by atoms with Gasteiger partial charge in [0.05, 0.1) is 19.8 Å². The number of hydrogen-bond donors (Lipinski definition) is 5. The second-order valence-corrected chi connectivity index (χ2v) is 8.59. The number of aliphatic hydroxyl groups excluding tert-OH is 1. The summed E-state index contributed by atoms with van der Waals surface area (Å²) in [5.41, 5.74) is 1.01. The highest BCUT2D eigenvalue weighted by atomic mass is 16.7. The van der Waals surface area contributed by atoms with Crippen LogP contribution in [-0.2, 0) is 28.6 Å². The summed E-state index contributed by atoms with van der Waals surface area (Å²) in [5.74, 6) is -1.86. The van der Waals surface area contributed by atoms with Gasteiger partial charge in [-0.25, -0.2) is 5.48 Å². The lowest BCUT2D eigenvalue weighted by Gasteiger charge is -2.32. The maximum absolute atomic E-state index is 12.8. The van der Waals surface area contributed by atoms with Gasteiger partial charge in [-0.15, -0.1) is 12.8 Å². The summed E-state index contributed by atoms with van der Waals surface area (Å²) in [6, 6.07) is -0.796. The van der Waals surface area contributed by atoms with Crippen molar-refractivity contribution in [2.24, 2.45) is 17.3 Å². The fourth-order valence-corrected chi connectivity index (χ4v) is 2.72. The Balaban J connectivity index is -0.00000227. The van der Waals surface area contributed by atoms with E-state index < -0.39 is 29.2 Å². The highest BCUT2D eigenvalue weighted by molar-refractivity contribution is 5.91. The van der Waals surface area contributed by atoms with Gasteiger partial charge < -0.3 is 30.0 Å². The molecular formula is C23H45N3O8. The molecule has 0 aliphatic carbocycles. The number of carbonyl (C=O) groups is 3. The summed E-state index contributed by atoms with van der Waals surface area (Å²) in [5, 5.41) is 21.3. The molecule has 34 heavy (non-hydrogen) atoms. The van der Waals surface area contributed by atoms with Crippen molar-refractivity contribution in [1.82, 2.24) is 16.1 Å². The van der Waals surface area contributed by atoms with Gasteiger partial charge in [-0.2, -0.15) is 0 Å². The summed E-state index contributed by atoms with van der Waals surface area (Å²) in [6.45, 7) is 10.9. The smallest absolute Gasteiger partial charge is 0.244 e. The molecule has 0 saturated carbocycles. The standard InChI is InChI=1S/C20H39N3O7.C2H2.CH4O/c1-14(2)11-15(12-16(24)23-27)18(25)22-17(20(3,4)5)19(26)21-7-8-29-13-30-10-9-28-6;2*1-2/h14-15,17,27H,7-13H2,1-6H3,(H,21,26)(H,22,25)(H,23,24);1-2H;2H,1H3/t15-,17-;;/m1../s1. The summed E-state index contributed by atoms with van der Waals surface area (Å²) < 4.78 is 15.3. The quantitative estimate of drug-likeness (QED) is 0.0736. The fourth-order valence-electron chi connectivity index (χ4n) is 2.72. The van der Waals surface area contributed by atoms with E-state index in [0.717, 1.165) is 7.11 Å². The maximum Gasteiger partial charge on any atom is 0.244 e. The van der Waals surface area contributed by atoms with Crippen LogP contribution in [0.1, 0.15) is 47.5 Å². The summed E-state index contributed by atoms with van der Waals surface area (Å²) in [6.07, 6.45) is 8.30. The molecule has 0 spiro atoms. The van der Waals surface area contributed by atoms with Gasteiger partial charge in [0.2, 0.25) is 17.7 Å². The number of aliphatic hydroxyl groups is 1. The van der Waals surface area contributed by atoms with Crippen molar-refractivity contribution in [2.75, 3.05) is 47.4 Å². The Labute approximate surface area is 204 Å². The molecule has 200 valence electrons. The number of amides is 3. The first-order valence-electron chi connectivity index (χ1n) is 11.0. The van der Waals surface area contributed by atoms with E-state index >= 15 is 0 Å². The average molecular weight is 492 g/mol. The lowest BCUT2D eigenvalue weighted by Crippen LogP contribution is -2.55. The maximum atomic E-state index is 12.8. The van der Waals surface area contributed by atoms with Crippen LogP contribution in [0.2, 0.25) is 0 Å². The lowest BCUT2D eigenvalue weighted by molar-refractivity contribution is -0.137. The molecule has 0 fully saturated rings. The van der Waals surface area contributed by atoms with Gasteiger partial charge in [0.15, 0.2) is 0 Å². The highest BCUT2D eigenvalue weighted by Gasteiger charge is 2.35. The molecule has 0 aliphatic heterocycles. The van der Waals surface area contributed by atoms with E-state index in [1.165, 1.54) is 0 Å². The molecule has 0 aromatic heterocycles. The zero-order valence-electron chi connectivity index (χ0n) is 21.7. The molecule has 0 aromatic carbocycles. The van der Waals surface area contributed by atoms with E-state index in [2.05, 4.69) is 23.5 Å². The molecule has 0 heterocycles. The van der Waals surface area contributed by atoms with Crippen molar-refractivity contribution >= 4 is 17.7 Å². The van der Waals surface area contributed by atoms with Gasteiger partial charge in [0.1, 0.15) is 12.8 Å². The van der Waals surface area contributed by atoms with Crippen LogP contribution >= 0.6 is 0 Å². The third-order valence-electron chi connectivity index (χ3n) is 4.24. The normalized spacial score (nSPS) is 12.2. The van der Waals surface area contributed by atoms with Crippen molar-refractivity contribution in [3.05, 3.63) is 0 Å². The van der Waals surface area contributed by atoms with Crippen LogP contribution in [0.25, 0.3) is 0 Å². The van der Waals surface area contributed by atoms with E-state index in [0.29, 0.717) is 19.6 Å². The largest absolute Gasteiger partial charge is 0.400 e. The first-order valence-corrected chi connectivity index (χ1v) is 11.0. The first-order chi connectivity index (χ1) is 16.0. The van der Waals surface area contributed by atoms with E-state index in [1.807, 2.05) is 34.6 Å². The number of hydroxylamine groups is 1. The van der Waals surface area contributed by atoms with Gasteiger partial charge >= 0.3 is 0 Å². The Morgan fingerprint density at radius 2 is 1.53 bits per heavy atom. The van der Waals surface area contributed by atoms with Gasteiger partial charge in [-0.3, -0.25) is 19.6 Å². The van der Waals surface area contributed by atoms with E-state index in [-0.39, 0.29) is 38.2 Å². The molecule has 0 radical (unpaired) electrons. The molecule has 11 heteroatoms. The molecule has 0 unspecified atom stereocenters. The average Bonchev–Trinajstić information content (AvgIpc) is 2.79. The van der Waals surface area contributed by atoms with Crippen LogP contribution in [0, 0.1) is 30.1 Å². The minimum Gasteiger partial charge on any atom is -0.400 e. The molecule has 3 amide bonds. The zero-order valence-corrected chi connectivity index (χ0v) is 21.7. The summed E-state index contributed by atoms with van der Waals surface area (Å²) in [7, 11) is 2.58. The number of methoxy groups -OCH3 is 1. The van der Waals surface area contributed by atoms with Crippen LogP contribution in [-0.4, -0.2) is 81.5 Å². The van der Waals surface area contributed by atoms with E-state index in [9.17, 15) is 14.4 Å². The minimum absolute atomic E-state index is 0.0997. The van der Waals surface area contributed by atoms with E-state index in [4.69, 9.17) is 24.5 Å². The lowest BCUT2D eigenvalue weighted by atomic mass is 9.85. The highest BCUT2D eigenvalue weighted by Crippen LogP contribution is 2.22. The molecule has 0 saturated heterocycles. The van der Waals surface area contributed by atoms with Crippen molar-refractivity contribution in [3.63, 3.8) is 0 Å². The third-order valence-corrected chi connectivity index (χ3v) is 4.24. The van der Waals surface area contributed by atoms with Crippen molar-refractivity contribution < 1.29 is 38.9 Å². The number of rotatable bonds is 15. The monoisotopic (exact) mass is 491 g/mol. The Hall–Kier alpha value is -2.23. The summed E-state index contributed by atoms with van der Waals surface area (Å²) >= 11 is 0. The van der Waals surface area contributed by atoms with Gasteiger partial charge in [0.25, 0.3) is 0 Å². The topological polar surface area (TPSA) is 155 Å². The van der Waals surface area contributed by atoms with Crippen LogP contribution in [0.5, 0.6) is 0 Å². The van der Waals surface area contributed by atoms with Crippen molar-refractivity contribution in [2.45, 2.75) is 53.5 Å². The first kappa shape index (κ1) is 36.3. The fraction of sp³-hybridized carbons (Fsp3) is 0.783. The van der Waals surface area contributed by atoms with Crippen LogP contribution in [0.15, 0.2) is 0 Å². The van der Waals surface area contributed by atoms with Crippen molar-refractivity contribution in [3.8, 4) is 12.8 Å². The molecule has 0 rings (SSSR count). The van der Waals surface area contributed by atoms with Crippen LogP contribution in [0.3, 0.4) is 0 Å². The van der Waals surface area contributed by atoms with Crippen molar-refractivity contribution in [1.29, 1.82) is 0 Å². The molecular weight excluding hydrogens is 446 g/mol. The SMILES string of the molecule is C#C.CO.COCCOCOCCNC(=O)[C@@H](NC(=O)[C@@H](CC(=O)NO)CC(C)C)C(C)(C)C. The number of carbonyl (C=O) groups excluding carboxylic acids is 3. The predicted octanol–water partition coefficient (Wildman–Crippen LogP) is 0.686. The van der Waals surface area contributed by atoms with Gasteiger partial charge in [-0.1, -0.05) is 34.6 Å². The zero-order chi connectivity index (χ0) is 27.2. The number of terminal acetylenes is 1. The Kier molecular flexibility index (Phi) is 24.1. The van der Waals surface area contributed by atoms with E-state index in [1.54, 1.807) is 12.6 Å².